The molecular formula is C12H22N2O4. The lowest BCUT2D eigenvalue weighted by Crippen LogP contribution is -2.58. The van der Waals surface area contributed by atoms with E-state index in [4.69, 9.17) is 9.47 Å². The summed E-state index contributed by atoms with van der Waals surface area (Å²) in [6.07, 6.45) is -0.470. The van der Waals surface area contributed by atoms with Crippen molar-refractivity contribution in [1.29, 1.82) is 0 Å². The van der Waals surface area contributed by atoms with Gasteiger partial charge in [-0.15, -0.1) is 0 Å². The number of ether oxygens (including phenoxy) is 2. The van der Waals surface area contributed by atoms with Gasteiger partial charge in [0.25, 0.3) is 0 Å². The van der Waals surface area contributed by atoms with Gasteiger partial charge in [0.1, 0.15) is 11.6 Å². The molecule has 0 aromatic carbocycles. The molecule has 0 radical (unpaired) electrons. The van der Waals surface area contributed by atoms with Crippen molar-refractivity contribution in [2.75, 3.05) is 26.2 Å². The van der Waals surface area contributed by atoms with E-state index in [2.05, 4.69) is 5.32 Å². The number of hydrogen-bond donors (Lipinski definition) is 1. The van der Waals surface area contributed by atoms with E-state index in [1.807, 2.05) is 0 Å². The molecule has 1 atom stereocenters. The summed E-state index contributed by atoms with van der Waals surface area (Å²) in [5, 5.41) is 3.07. The number of nitrogens with one attached hydrogen (secondary N) is 1. The van der Waals surface area contributed by atoms with Crippen LogP contribution in [0.5, 0.6) is 0 Å². The number of rotatable bonds is 2. The van der Waals surface area contributed by atoms with E-state index in [1.165, 1.54) is 4.90 Å². The molecule has 1 aliphatic rings. The van der Waals surface area contributed by atoms with Crippen molar-refractivity contribution in [3.63, 3.8) is 0 Å². The maximum atomic E-state index is 12.0. The van der Waals surface area contributed by atoms with Crippen LogP contribution < -0.4 is 5.32 Å². The zero-order chi connectivity index (χ0) is 13.8. The molecule has 1 N–H and O–H groups in total. The topological polar surface area (TPSA) is 67.9 Å². The molecular weight excluding hydrogens is 236 g/mol. The van der Waals surface area contributed by atoms with Gasteiger partial charge >= 0.3 is 12.1 Å². The summed E-state index contributed by atoms with van der Waals surface area (Å²) in [5.41, 5.74) is -0.568. The Morgan fingerprint density at radius 1 is 1.39 bits per heavy atom. The highest BCUT2D eigenvalue weighted by Crippen LogP contribution is 2.14. The molecule has 0 saturated carbocycles. The molecule has 0 bridgehead atoms. The van der Waals surface area contributed by atoms with Crippen LogP contribution in [0.3, 0.4) is 0 Å². The smallest absolute Gasteiger partial charge is 0.411 e. The molecule has 1 unspecified atom stereocenters. The zero-order valence-electron chi connectivity index (χ0n) is 11.5. The largest absolute Gasteiger partial charge is 0.464 e. The maximum absolute atomic E-state index is 12.0. The first-order chi connectivity index (χ1) is 8.35. The lowest BCUT2D eigenvalue weighted by atomic mass is 10.2. The summed E-state index contributed by atoms with van der Waals surface area (Å²) in [6.45, 7) is 8.93. The Labute approximate surface area is 108 Å². The van der Waals surface area contributed by atoms with Crippen molar-refractivity contribution in [2.45, 2.75) is 39.3 Å². The first-order valence-electron chi connectivity index (χ1n) is 6.22. The number of piperazine rings is 1. The molecule has 1 aliphatic heterocycles. The summed E-state index contributed by atoms with van der Waals surface area (Å²) in [4.78, 5) is 25.2. The number of amides is 1. The standard InChI is InChI=1S/C12H22N2O4/c1-5-17-10(15)9-8-13-6-7-14(9)11(16)18-12(2,3)4/h9,13H,5-8H2,1-4H3. The van der Waals surface area contributed by atoms with Gasteiger partial charge < -0.3 is 14.8 Å². The molecule has 6 nitrogen and oxygen atoms in total. The van der Waals surface area contributed by atoms with Gasteiger partial charge in [0.2, 0.25) is 0 Å². The average molecular weight is 258 g/mol. The molecule has 1 rings (SSSR count). The Balaban J connectivity index is 2.70. The monoisotopic (exact) mass is 258 g/mol. The second kappa shape index (κ2) is 6.04. The zero-order valence-corrected chi connectivity index (χ0v) is 11.5. The highest BCUT2D eigenvalue weighted by atomic mass is 16.6. The third kappa shape index (κ3) is 4.18. The van der Waals surface area contributed by atoms with Gasteiger partial charge in [-0.1, -0.05) is 0 Å². The minimum absolute atomic E-state index is 0.303. The minimum atomic E-state index is -0.603. The van der Waals surface area contributed by atoms with Gasteiger partial charge in [0.05, 0.1) is 6.61 Å². The third-order valence-corrected chi connectivity index (χ3v) is 2.43. The van der Waals surface area contributed by atoms with Crippen LogP contribution in [0, 0.1) is 0 Å². The fourth-order valence-electron chi connectivity index (χ4n) is 1.69. The Morgan fingerprint density at radius 2 is 2.06 bits per heavy atom. The summed E-state index contributed by atoms with van der Waals surface area (Å²) < 4.78 is 10.3. The van der Waals surface area contributed by atoms with E-state index in [-0.39, 0.29) is 0 Å². The normalized spacial score (nSPS) is 20.4. The Hall–Kier alpha value is -1.30. The van der Waals surface area contributed by atoms with Crippen LogP contribution in [0.4, 0.5) is 4.79 Å². The molecule has 1 fully saturated rings. The van der Waals surface area contributed by atoms with Crippen LogP contribution in [0.1, 0.15) is 27.7 Å². The quantitative estimate of drug-likeness (QED) is 0.741. The van der Waals surface area contributed by atoms with Gasteiger partial charge in [0, 0.05) is 19.6 Å². The van der Waals surface area contributed by atoms with Crippen LogP contribution in [0.25, 0.3) is 0 Å². The van der Waals surface area contributed by atoms with E-state index in [1.54, 1.807) is 27.7 Å². The number of carbonyl (C=O) groups excluding carboxylic acids is 2. The number of esters is 1. The van der Waals surface area contributed by atoms with E-state index in [0.29, 0.717) is 26.2 Å². The fraction of sp³-hybridized carbons (Fsp3) is 0.833. The SMILES string of the molecule is CCOC(=O)C1CNCCN1C(=O)OC(C)(C)C. The lowest BCUT2D eigenvalue weighted by Gasteiger charge is -2.35. The molecule has 18 heavy (non-hydrogen) atoms. The second-order valence-corrected chi connectivity index (χ2v) is 5.15. The first kappa shape index (κ1) is 14.8. The minimum Gasteiger partial charge on any atom is -0.464 e. The van der Waals surface area contributed by atoms with E-state index < -0.39 is 23.7 Å². The fourth-order valence-corrected chi connectivity index (χ4v) is 1.69. The van der Waals surface area contributed by atoms with Gasteiger partial charge in [-0.25, -0.2) is 9.59 Å². The van der Waals surface area contributed by atoms with Crippen molar-refractivity contribution in [3.05, 3.63) is 0 Å². The molecule has 1 saturated heterocycles. The molecule has 0 aromatic rings. The van der Waals surface area contributed by atoms with Crippen LogP contribution in [0.15, 0.2) is 0 Å². The highest BCUT2D eigenvalue weighted by Gasteiger charge is 2.35. The summed E-state index contributed by atoms with van der Waals surface area (Å²) in [7, 11) is 0. The van der Waals surface area contributed by atoms with Gasteiger partial charge in [-0.2, -0.15) is 0 Å². The Kier molecular flexibility index (Phi) is 4.95. The molecule has 0 aliphatic carbocycles. The van der Waals surface area contributed by atoms with Gasteiger partial charge in [0.15, 0.2) is 0 Å². The molecule has 6 heteroatoms. The van der Waals surface area contributed by atoms with E-state index >= 15 is 0 Å². The average Bonchev–Trinajstić information content (AvgIpc) is 2.27. The van der Waals surface area contributed by atoms with Gasteiger partial charge in [-0.3, -0.25) is 4.90 Å². The van der Waals surface area contributed by atoms with Crippen LogP contribution >= 0.6 is 0 Å². The number of hydrogen-bond acceptors (Lipinski definition) is 5. The van der Waals surface area contributed by atoms with Crippen molar-refractivity contribution >= 4 is 12.1 Å². The number of carbonyl (C=O) groups is 2. The Morgan fingerprint density at radius 3 is 2.61 bits per heavy atom. The van der Waals surface area contributed by atoms with E-state index in [0.717, 1.165) is 0 Å². The van der Waals surface area contributed by atoms with Crippen molar-refractivity contribution in [3.8, 4) is 0 Å². The first-order valence-corrected chi connectivity index (χ1v) is 6.22. The molecule has 1 amide bonds. The third-order valence-electron chi connectivity index (χ3n) is 2.43. The van der Waals surface area contributed by atoms with E-state index in [9.17, 15) is 9.59 Å². The molecule has 0 aromatic heterocycles. The predicted molar refractivity (Wildman–Crippen MR) is 66.2 cm³/mol. The predicted octanol–water partition coefficient (Wildman–Crippen LogP) is 0.758. The summed E-state index contributed by atoms with van der Waals surface area (Å²) >= 11 is 0. The summed E-state index contributed by atoms with van der Waals surface area (Å²) in [6, 6.07) is -0.603. The molecule has 104 valence electrons. The number of nitrogens with zero attached hydrogens (tertiary/aromatic N) is 1. The van der Waals surface area contributed by atoms with Gasteiger partial charge in [-0.05, 0) is 27.7 Å². The lowest BCUT2D eigenvalue weighted by molar-refractivity contribution is -0.149. The van der Waals surface area contributed by atoms with Crippen LogP contribution in [-0.2, 0) is 14.3 Å². The van der Waals surface area contributed by atoms with Crippen LogP contribution in [0.2, 0.25) is 0 Å². The highest BCUT2D eigenvalue weighted by molar-refractivity contribution is 5.82. The van der Waals surface area contributed by atoms with Crippen molar-refractivity contribution < 1.29 is 19.1 Å². The Bertz CT molecular complexity index is 312. The second-order valence-electron chi connectivity index (χ2n) is 5.15. The molecule has 0 spiro atoms. The van der Waals surface area contributed by atoms with Crippen molar-refractivity contribution in [1.82, 2.24) is 10.2 Å². The van der Waals surface area contributed by atoms with Crippen molar-refractivity contribution in [2.24, 2.45) is 0 Å². The summed E-state index contributed by atoms with van der Waals surface area (Å²) in [5.74, 6) is -0.393. The molecule has 1 heterocycles. The maximum Gasteiger partial charge on any atom is 0.411 e. The van der Waals surface area contributed by atoms with Crippen LogP contribution in [-0.4, -0.2) is 54.8 Å².